The van der Waals surface area contributed by atoms with Gasteiger partial charge in [-0.3, -0.25) is 0 Å². The largest absolute Gasteiger partial charge is 0.480 e. The van der Waals surface area contributed by atoms with E-state index in [2.05, 4.69) is 0 Å². The summed E-state index contributed by atoms with van der Waals surface area (Å²) in [5.74, 6) is -0.117. The van der Waals surface area contributed by atoms with Gasteiger partial charge >= 0.3 is 0 Å². The van der Waals surface area contributed by atoms with Crippen LogP contribution in [-0.2, 0) is 0 Å². The predicted molar refractivity (Wildman–Crippen MR) is 67.9 cm³/mol. The van der Waals surface area contributed by atoms with E-state index in [-0.39, 0.29) is 17.7 Å². The monoisotopic (exact) mass is 251 g/mol. The number of hydrogen-bond acceptors (Lipinski definition) is 3. The third-order valence-electron chi connectivity index (χ3n) is 2.40. The molecule has 0 saturated carbocycles. The number of para-hydroxylation sites is 1. The molecule has 2 aromatic rings. The summed E-state index contributed by atoms with van der Waals surface area (Å²) in [6, 6.07) is 10.3. The Morgan fingerprint density at radius 2 is 2.06 bits per heavy atom. The van der Waals surface area contributed by atoms with Crippen LogP contribution in [-0.4, -0.2) is 6.54 Å². The van der Waals surface area contributed by atoms with Gasteiger partial charge in [0.1, 0.15) is 6.10 Å². The summed E-state index contributed by atoms with van der Waals surface area (Å²) in [6.07, 6.45) is -0.286. The van der Waals surface area contributed by atoms with Crippen molar-refractivity contribution >= 4 is 11.3 Å². The Morgan fingerprint density at radius 1 is 1.29 bits per heavy atom. The zero-order valence-electron chi connectivity index (χ0n) is 9.52. The van der Waals surface area contributed by atoms with Gasteiger partial charge in [-0.2, -0.15) is 0 Å². The molecule has 0 bridgehead atoms. The summed E-state index contributed by atoms with van der Waals surface area (Å²) < 4.78 is 19.0. The standard InChI is InChI=1S/C13H14FNOS/c1-9-6-7-13(17-9)12(8-15)16-11-5-3-2-4-10(11)14/h2-7,12H,8,15H2,1H3. The second-order valence-electron chi connectivity index (χ2n) is 3.72. The summed E-state index contributed by atoms with van der Waals surface area (Å²) in [5.41, 5.74) is 5.67. The van der Waals surface area contributed by atoms with Crippen LogP contribution in [0.15, 0.2) is 36.4 Å². The molecule has 1 heterocycles. The molecule has 4 heteroatoms. The maximum Gasteiger partial charge on any atom is 0.165 e. The van der Waals surface area contributed by atoms with Crippen molar-refractivity contribution in [2.45, 2.75) is 13.0 Å². The SMILES string of the molecule is Cc1ccc(C(CN)Oc2ccccc2F)s1. The summed E-state index contributed by atoms with van der Waals surface area (Å²) in [5, 5.41) is 0. The van der Waals surface area contributed by atoms with Crippen molar-refractivity contribution in [3.8, 4) is 5.75 Å². The highest BCUT2D eigenvalue weighted by Crippen LogP contribution is 2.28. The van der Waals surface area contributed by atoms with Gasteiger partial charge in [0.05, 0.1) is 0 Å². The van der Waals surface area contributed by atoms with E-state index in [4.69, 9.17) is 10.5 Å². The van der Waals surface area contributed by atoms with Gasteiger partial charge in [-0.15, -0.1) is 11.3 Å². The number of aryl methyl sites for hydroxylation is 1. The predicted octanol–water partition coefficient (Wildman–Crippen LogP) is 3.27. The normalized spacial score (nSPS) is 12.4. The summed E-state index contributed by atoms with van der Waals surface area (Å²) in [7, 11) is 0. The van der Waals surface area contributed by atoms with E-state index in [1.165, 1.54) is 10.9 Å². The number of nitrogens with two attached hydrogens (primary N) is 1. The fourth-order valence-electron chi connectivity index (χ4n) is 1.54. The molecule has 1 aromatic carbocycles. The third kappa shape index (κ3) is 2.84. The first-order chi connectivity index (χ1) is 8.20. The van der Waals surface area contributed by atoms with Crippen LogP contribution in [0.1, 0.15) is 15.9 Å². The molecule has 1 unspecified atom stereocenters. The van der Waals surface area contributed by atoms with Crippen LogP contribution in [0.25, 0.3) is 0 Å². The lowest BCUT2D eigenvalue weighted by Crippen LogP contribution is -2.17. The first-order valence-corrected chi connectivity index (χ1v) is 6.20. The highest BCUT2D eigenvalue weighted by atomic mass is 32.1. The van der Waals surface area contributed by atoms with E-state index in [1.807, 2.05) is 19.1 Å². The lowest BCUT2D eigenvalue weighted by atomic mass is 10.2. The second kappa shape index (κ2) is 5.29. The fourth-order valence-corrected chi connectivity index (χ4v) is 2.46. The maximum atomic E-state index is 13.4. The van der Waals surface area contributed by atoms with Crippen molar-refractivity contribution in [3.63, 3.8) is 0 Å². The molecule has 0 saturated heterocycles. The number of rotatable bonds is 4. The van der Waals surface area contributed by atoms with E-state index < -0.39 is 0 Å². The third-order valence-corrected chi connectivity index (χ3v) is 3.49. The van der Waals surface area contributed by atoms with Gasteiger partial charge in [-0.1, -0.05) is 12.1 Å². The lowest BCUT2D eigenvalue weighted by Gasteiger charge is -2.16. The summed E-state index contributed by atoms with van der Waals surface area (Å²) in [4.78, 5) is 2.21. The molecule has 0 spiro atoms. The molecule has 90 valence electrons. The van der Waals surface area contributed by atoms with Crippen molar-refractivity contribution in [1.82, 2.24) is 0 Å². The minimum Gasteiger partial charge on any atom is -0.480 e. The Balaban J connectivity index is 2.18. The zero-order chi connectivity index (χ0) is 12.3. The van der Waals surface area contributed by atoms with Crippen molar-refractivity contribution in [3.05, 3.63) is 52.0 Å². The number of benzene rings is 1. The lowest BCUT2D eigenvalue weighted by molar-refractivity contribution is 0.208. The summed E-state index contributed by atoms with van der Waals surface area (Å²) >= 11 is 1.62. The van der Waals surface area contributed by atoms with E-state index >= 15 is 0 Å². The van der Waals surface area contributed by atoms with Crippen LogP contribution in [0, 0.1) is 12.7 Å². The van der Waals surface area contributed by atoms with Crippen molar-refractivity contribution in [1.29, 1.82) is 0 Å². The van der Waals surface area contributed by atoms with Gasteiger partial charge in [-0.25, -0.2) is 4.39 Å². The molecule has 2 nitrogen and oxygen atoms in total. The number of ether oxygens (including phenoxy) is 1. The van der Waals surface area contributed by atoms with E-state index in [9.17, 15) is 4.39 Å². The number of thiophene rings is 1. The van der Waals surface area contributed by atoms with Crippen molar-refractivity contribution < 1.29 is 9.13 Å². The smallest absolute Gasteiger partial charge is 0.165 e. The van der Waals surface area contributed by atoms with Crippen LogP contribution in [0.3, 0.4) is 0 Å². The highest BCUT2D eigenvalue weighted by Gasteiger charge is 2.15. The first kappa shape index (κ1) is 12.1. The van der Waals surface area contributed by atoms with Crippen LogP contribution < -0.4 is 10.5 Å². The van der Waals surface area contributed by atoms with Gasteiger partial charge in [0.2, 0.25) is 0 Å². The molecule has 1 atom stereocenters. The first-order valence-electron chi connectivity index (χ1n) is 5.38. The zero-order valence-corrected chi connectivity index (χ0v) is 10.3. The minimum atomic E-state index is -0.362. The Morgan fingerprint density at radius 3 is 2.65 bits per heavy atom. The molecule has 2 N–H and O–H groups in total. The second-order valence-corrected chi connectivity index (χ2v) is 5.04. The van der Waals surface area contributed by atoms with Gasteiger partial charge in [-0.05, 0) is 31.2 Å². The maximum absolute atomic E-state index is 13.4. The van der Waals surface area contributed by atoms with Crippen LogP contribution in [0.2, 0.25) is 0 Å². The van der Waals surface area contributed by atoms with Crippen LogP contribution in [0.5, 0.6) is 5.75 Å². The number of halogens is 1. The molecular weight excluding hydrogens is 237 g/mol. The van der Waals surface area contributed by atoms with E-state index in [0.29, 0.717) is 6.54 Å². The molecule has 0 radical (unpaired) electrons. The molecule has 0 aliphatic carbocycles. The Labute approximate surface area is 104 Å². The Hall–Kier alpha value is -1.39. The fraction of sp³-hybridized carbons (Fsp3) is 0.231. The van der Waals surface area contributed by atoms with E-state index in [1.54, 1.807) is 29.5 Å². The van der Waals surface area contributed by atoms with Gasteiger partial charge in [0.25, 0.3) is 0 Å². The molecule has 1 aromatic heterocycles. The van der Waals surface area contributed by atoms with Gasteiger partial charge in [0.15, 0.2) is 11.6 Å². The minimum absolute atomic E-state index is 0.244. The van der Waals surface area contributed by atoms with E-state index in [0.717, 1.165) is 4.88 Å². The molecule has 0 aliphatic rings. The number of hydrogen-bond donors (Lipinski definition) is 1. The topological polar surface area (TPSA) is 35.2 Å². The van der Waals surface area contributed by atoms with Crippen LogP contribution >= 0.6 is 11.3 Å². The molecule has 17 heavy (non-hydrogen) atoms. The van der Waals surface area contributed by atoms with Gasteiger partial charge in [0, 0.05) is 16.3 Å². The average molecular weight is 251 g/mol. The van der Waals surface area contributed by atoms with Crippen LogP contribution in [0.4, 0.5) is 4.39 Å². The molecular formula is C13H14FNOS. The molecule has 0 aliphatic heterocycles. The van der Waals surface area contributed by atoms with Gasteiger partial charge < -0.3 is 10.5 Å². The molecule has 0 amide bonds. The quantitative estimate of drug-likeness (QED) is 0.905. The highest BCUT2D eigenvalue weighted by molar-refractivity contribution is 7.12. The van der Waals surface area contributed by atoms with Crippen molar-refractivity contribution in [2.24, 2.45) is 5.73 Å². The summed E-state index contributed by atoms with van der Waals surface area (Å²) in [6.45, 7) is 2.35. The molecule has 2 rings (SSSR count). The Kier molecular flexibility index (Phi) is 3.76. The average Bonchev–Trinajstić information content (AvgIpc) is 2.75. The molecule has 0 fully saturated rings. The Bertz CT molecular complexity index is 498. The van der Waals surface area contributed by atoms with Crippen molar-refractivity contribution in [2.75, 3.05) is 6.54 Å².